The van der Waals surface area contributed by atoms with Crippen LogP contribution >= 0.6 is 0 Å². The number of aliphatic hydroxyl groups excluding tert-OH is 1. The molecule has 0 aliphatic carbocycles. The average Bonchev–Trinajstić information content (AvgIpc) is 2.46. The molecule has 2 N–H and O–H groups in total. The van der Waals surface area contributed by atoms with Crippen LogP contribution in [-0.4, -0.2) is 10.2 Å². The van der Waals surface area contributed by atoms with Crippen LogP contribution in [0.1, 0.15) is 24.5 Å². The van der Waals surface area contributed by atoms with E-state index in [1.165, 1.54) is 0 Å². The molecule has 0 aromatic heterocycles. The van der Waals surface area contributed by atoms with Gasteiger partial charge in [0.25, 0.3) is 0 Å². The number of benzene rings is 1. The first kappa shape index (κ1) is 16.6. The third kappa shape index (κ3) is 4.53. The van der Waals surface area contributed by atoms with Gasteiger partial charge < -0.3 is 10.2 Å². The minimum Gasteiger partial charge on any atom is -0.512 e. The van der Waals surface area contributed by atoms with E-state index in [2.05, 4.69) is 19.7 Å². The van der Waals surface area contributed by atoms with Gasteiger partial charge in [-0.3, -0.25) is 0 Å². The number of phenolic OH excluding ortho intramolecular Hbond substituents is 1. The molecule has 2 nitrogen and oxygen atoms in total. The molecule has 0 saturated heterocycles. The van der Waals surface area contributed by atoms with Gasteiger partial charge in [-0.25, -0.2) is 0 Å². The van der Waals surface area contributed by atoms with Crippen molar-refractivity contribution in [1.82, 2.24) is 0 Å². The number of hydrogen-bond donors (Lipinski definition) is 2. The first-order valence-corrected chi connectivity index (χ1v) is 6.80. The maximum atomic E-state index is 10.1. The third-order valence-electron chi connectivity index (χ3n) is 3.13. The van der Waals surface area contributed by atoms with Gasteiger partial charge in [0.05, 0.1) is 5.76 Å². The summed E-state index contributed by atoms with van der Waals surface area (Å²) in [5, 5.41) is 19.8. The van der Waals surface area contributed by atoms with E-state index in [0.717, 1.165) is 23.1 Å². The van der Waals surface area contributed by atoms with Crippen molar-refractivity contribution in [3.05, 3.63) is 84.7 Å². The molecule has 0 aliphatic rings. The molecule has 0 bridgehead atoms. The number of rotatable bonds is 7. The van der Waals surface area contributed by atoms with E-state index >= 15 is 0 Å². The molecule has 2 heteroatoms. The van der Waals surface area contributed by atoms with Gasteiger partial charge >= 0.3 is 0 Å². The van der Waals surface area contributed by atoms with E-state index in [4.69, 9.17) is 0 Å². The monoisotopic (exact) mass is 282 g/mol. The fraction of sp³-hybridized carbons (Fsp3) is 0.158. The Morgan fingerprint density at radius 1 is 1.19 bits per heavy atom. The van der Waals surface area contributed by atoms with Crippen molar-refractivity contribution in [2.24, 2.45) is 0 Å². The number of phenols is 1. The van der Waals surface area contributed by atoms with Crippen LogP contribution in [0, 0.1) is 0 Å². The second kappa shape index (κ2) is 7.95. The van der Waals surface area contributed by atoms with Crippen molar-refractivity contribution >= 4 is 5.57 Å². The molecule has 0 unspecified atom stereocenters. The Morgan fingerprint density at radius 2 is 1.90 bits per heavy atom. The van der Waals surface area contributed by atoms with Crippen molar-refractivity contribution in [3.8, 4) is 5.75 Å². The van der Waals surface area contributed by atoms with E-state index < -0.39 is 0 Å². The lowest BCUT2D eigenvalue weighted by molar-refractivity contribution is 0.408. The van der Waals surface area contributed by atoms with Crippen LogP contribution in [0.3, 0.4) is 0 Å². The van der Waals surface area contributed by atoms with E-state index in [0.29, 0.717) is 12.0 Å². The molecule has 110 valence electrons. The predicted octanol–water partition coefficient (Wildman–Crippen LogP) is 5.10. The van der Waals surface area contributed by atoms with Gasteiger partial charge in [-0.15, -0.1) is 13.2 Å². The third-order valence-corrected chi connectivity index (χ3v) is 3.13. The Labute approximate surface area is 126 Å². The van der Waals surface area contributed by atoms with Crippen LogP contribution in [0.25, 0.3) is 5.57 Å². The Morgan fingerprint density at radius 3 is 2.43 bits per heavy atom. The molecule has 0 heterocycles. The zero-order valence-electron chi connectivity index (χ0n) is 12.5. The maximum absolute atomic E-state index is 10.1. The normalized spacial score (nSPS) is 12.5. The zero-order valence-corrected chi connectivity index (χ0v) is 12.5. The highest BCUT2D eigenvalue weighted by atomic mass is 16.3. The summed E-state index contributed by atoms with van der Waals surface area (Å²) in [6.45, 7) is 12.8. The summed E-state index contributed by atoms with van der Waals surface area (Å²) < 4.78 is 0. The van der Waals surface area contributed by atoms with Crippen LogP contribution in [-0.2, 0) is 6.42 Å². The lowest BCUT2D eigenvalue weighted by Gasteiger charge is -2.10. The van der Waals surface area contributed by atoms with Gasteiger partial charge in [0.1, 0.15) is 5.75 Å². The van der Waals surface area contributed by atoms with Gasteiger partial charge in [0.2, 0.25) is 0 Å². The minimum atomic E-state index is 0.183. The number of hydrogen-bond acceptors (Lipinski definition) is 2. The van der Waals surface area contributed by atoms with E-state index in [1.807, 2.05) is 24.3 Å². The molecule has 0 saturated carbocycles. The van der Waals surface area contributed by atoms with Gasteiger partial charge in [-0.1, -0.05) is 30.9 Å². The smallest absolute Gasteiger partial charge is 0.123 e. The SMILES string of the molecule is C=CCC(/C=C(\C=C)c1cc(CC=C)ccc1O)=C(/C)O. The lowest BCUT2D eigenvalue weighted by atomic mass is 9.97. The summed E-state index contributed by atoms with van der Waals surface area (Å²) >= 11 is 0. The molecular weight excluding hydrogens is 260 g/mol. The second-order valence-corrected chi connectivity index (χ2v) is 4.75. The van der Waals surface area contributed by atoms with Crippen LogP contribution in [0.4, 0.5) is 0 Å². The summed E-state index contributed by atoms with van der Waals surface area (Å²) in [5.74, 6) is 0.415. The Hall–Kier alpha value is -2.48. The van der Waals surface area contributed by atoms with Gasteiger partial charge in [-0.05, 0) is 54.7 Å². The van der Waals surface area contributed by atoms with Crippen molar-refractivity contribution in [3.63, 3.8) is 0 Å². The van der Waals surface area contributed by atoms with Crippen molar-refractivity contribution in [2.45, 2.75) is 19.8 Å². The fourth-order valence-electron chi connectivity index (χ4n) is 2.01. The molecule has 0 spiro atoms. The van der Waals surface area contributed by atoms with Crippen LogP contribution in [0.15, 0.2) is 73.6 Å². The fourth-order valence-corrected chi connectivity index (χ4v) is 2.01. The molecule has 1 aromatic carbocycles. The molecule has 1 rings (SSSR count). The maximum Gasteiger partial charge on any atom is 0.123 e. The van der Waals surface area contributed by atoms with Crippen molar-refractivity contribution < 1.29 is 10.2 Å². The largest absolute Gasteiger partial charge is 0.512 e. The van der Waals surface area contributed by atoms with E-state index in [-0.39, 0.29) is 11.5 Å². The molecule has 0 fully saturated rings. The summed E-state index contributed by atoms with van der Waals surface area (Å²) in [6.07, 6.45) is 8.29. The Balaban J connectivity index is 3.35. The minimum absolute atomic E-state index is 0.183. The van der Waals surface area contributed by atoms with Crippen LogP contribution in [0.5, 0.6) is 5.75 Å². The molecular formula is C19H22O2. The van der Waals surface area contributed by atoms with Crippen molar-refractivity contribution in [1.29, 1.82) is 0 Å². The number of aromatic hydroxyl groups is 1. The van der Waals surface area contributed by atoms with Crippen LogP contribution < -0.4 is 0 Å². The summed E-state index contributed by atoms with van der Waals surface area (Å²) in [6, 6.07) is 5.43. The molecule has 0 aliphatic heterocycles. The highest BCUT2D eigenvalue weighted by molar-refractivity contribution is 5.79. The molecule has 1 aromatic rings. The summed E-state index contributed by atoms with van der Waals surface area (Å²) in [4.78, 5) is 0. The van der Waals surface area contributed by atoms with E-state index in [9.17, 15) is 10.2 Å². The first-order valence-electron chi connectivity index (χ1n) is 6.80. The summed E-state index contributed by atoms with van der Waals surface area (Å²) in [7, 11) is 0. The van der Waals surface area contributed by atoms with Gasteiger partial charge in [-0.2, -0.15) is 0 Å². The van der Waals surface area contributed by atoms with Gasteiger partial charge in [0, 0.05) is 5.56 Å². The highest BCUT2D eigenvalue weighted by Crippen LogP contribution is 2.29. The average molecular weight is 282 g/mol. The quantitative estimate of drug-likeness (QED) is 0.415. The molecule has 0 amide bonds. The van der Waals surface area contributed by atoms with Gasteiger partial charge in [0.15, 0.2) is 0 Å². The van der Waals surface area contributed by atoms with E-state index in [1.54, 1.807) is 25.1 Å². The second-order valence-electron chi connectivity index (χ2n) is 4.75. The zero-order chi connectivity index (χ0) is 15.8. The first-order chi connectivity index (χ1) is 10.0. The topological polar surface area (TPSA) is 40.5 Å². The highest BCUT2D eigenvalue weighted by Gasteiger charge is 2.07. The predicted molar refractivity (Wildman–Crippen MR) is 90.3 cm³/mol. The Bertz CT molecular complexity index is 600. The number of allylic oxidation sites excluding steroid dienone is 7. The molecule has 21 heavy (non-hydrogen) atoms. The van der Waals surface area contributed by atoms with Crippen molar-refractivity contribution in [2.75, 3.05) is 0 Å². The number of aliphatic hydroxyl groups is 1. The Kier molecular flexibility index (Phi) is 6.28. The standard InChI is InChI=1S/C19H22O2/c1-5-8-15-10-11-19(21)18(12-15)16(7-3)13-17(9-6-2)14(4)20/h5-7,10-13,20-21H,1-3,8-9H2,4H3/b16-13+,17-14+. The lowest BCUT2D eigenvalue weighted by Crippen LogP contribution is -1.90. The molecule has 0 radical (unpaired) electrons. The molecule has 0 atom stereocenters. The summed E-state index contributed by atoms with van der Waals surface area (Å²) in [5.41, 5.74) is 3.24. The van der Waals surface area contributed by atoms with Crippen LogP contribution in [0.2, 0.25) is 0 Å².